The molecule has 2 aliphatic rings. The Morgan fingerprint density at radius 3 is 2.73 bits per heavy atom. The van der Waals surface area contributed by atoms with E-state index in [2.05, 4.69) is 15.2 Å². The summed E-state index contributed by atoms with van der Waals surface area (Å²) < 4.78 is 5.32. The average Bonchev–Trinajstić information content (AvgIpc) is 2.94. The molecule has 3 rings (SSSR count). The maximum absolute atomic E-state index is 11.9. The molecule has 0 unspecified atom stereocenters. The minimum atomic E-state index is -0.207. The van der Waals surface area contributed by atoms with E-state index < -0.39 is 0 Å². The lowest BCUT2D eigenvalue weighted by molar-refractivity contribution is -0.131. The lowest BCUT2D eigenvalue weighted by Crippen LogP contribution is -2.36. The highest BCUT2D eigenvalue weighted by molar-refractivity contribution is 5.94. The Balaban J connectivity index is 1.54. The molecule has 2 amide bonds. The molecule has 22 heavy (non-hydrogen) atoms. The van der Waals surface area contributed by atoms with E-state index in [1.807, 2.05) is 6.07 Å². The van der Waals surface area contributed by atoms with Crippen molar-refractivity contribution < 1.29 is 14.3 Å². The van der Waals surface area contributed by atoms with Gasteiger partial charge in [0.25, 0.3) is 0 Å². The summed E-state index contributed by atoms with van der Waals surface area (Å²) in [5, 5.41) is 2.73. The fourth-order valence-corrected chi connectivity index (χ4v) is 2.70. The zero-order valence-electron chi connectivity index (χ0n) is 12.5. The second-order valence-electron chi connectivity index (χ2n) is 5.47. The van der Waals surface area contributed by atoms with Gasteiger partial charge < -0.3 is 19.9 Å². The number of likely N-dealkylation sites (tertiary alicyclic amines) is 1. The van der Waals surface area contributed by atoms with Crippen molar-refractivity contribution >= 4 is 23.3 Å². The summed E-state index contributed by atoms with van der Waals surface area (Å²) >= 11 is 0. The number of nitrogens with one attached hydrogen (secondary N) is 1. The van der Waals surface area contributed by atoms with E-state index in [0.717, 1.165) is 38.4 Å². The van der Waals surface area contributed by atoms with Crippen molar-refractivity contribution in [2.45, 2.75) is 12.8 Å². The van der Waals surface area contributed by atoms with Crippen molar-refractivity contribution in [2.24, 2.45) is 0 Å². The molecular weight excluding hydrogens is 284 g/mol. The molecule has 0 aliphatic carbocycles. The van der Waals surface area contributed by atoms with E-state index >= 15 is 0 Å². The minimum absolute atomic E-state index is 0.0470. The largest absolute Gasteiger partial charge is 0.378 e. The number of pyridine rings is 1. The maximum Gasteiger partial charge on any atom is 0.245 e. The summed E-state index contributed by atoms with van der Waals surface area (Å²) in [7, 11) is 0. The summed E-state index contributed by atoms with van der Waals surface area (Å²) in [6.45, 7) is 3.92. The molecule has 0 aromatic carbocycles. The SMILES string of the molecule is O=C(CN1CCCC1=O)Nc1ccc(N2CCOCC2)cn1. The third-order valence-corrected chi connectivity index (χ3v) is 3.90. The van der Waals surface area contributed by atoms with Crippen LogP contribution in [0.3, 0.4) is 0 Å². The van der Waals surface area contributed by atoms with Gasteiger partial charge in [-0.25, -0.2) is 4.98 Å². The number of hydrogen-bond acceptors (Lipinski definition) is 5. The van der Waals surface area contributed by atoms with E-state index in [1.54, 1.807) is 17.2 Å². The molecule has 0 spiro atoms. The third kappa shape index (κ3) is 3.54. The number of amides is 2. The van der Waals surface area contributed by atoms with Crippen LogP contribution in [0.4, 0.5) is 11.5 Å². The van der Waals surface area contributed by atoms with Gasteiger partial charge in [-0.3, -0.25) is 9.59 Å². The number of nitrogens with zero attached hydrogens (tertiary/aromatic N) is 3. The summed E-state index contributed by atoms with van der Waals surface area (Å²) in [5.41, 5.74) is 1.02. The molecule has 2 aliphatic heterocycles. The topological polar surface area (TPSA) is 74.8 Å². The molecule has 2 fully saturated rings. The van der Waals surface area contributed by atoms with E-state index in [4.69, 9.17) is 4.74 Å². The van der Waals surface area contributed by atoms with Gasteiger partial charge in [0.15, 0.2) is 0 Å². The Hall–Kier alpha value is -2.15. The van der Waals surface area contributed by atoms with Crippen LogP contribution >= 0.6 is 0 Å². The molecule has 1 aromatic rings. The van der Waals surface area contributed by atoms with Crippen LogP contribution in [-0.4, -0.2) is 61.1 Å². The Morgan fingerprint density at radius 2 is 2.09 bits per heavy atom. The number of hydrogen-bond donors (Lipinski definition) is 1. The quantitative estimate of drug-likeness (QED) is 0.876. The number of rotatable bonds is 4. The third-order valence-electron chi connectivity index (χ3n) is 3.90. The van der Waals surface area contributed by atoms with Crippen LogP contribution in [0.25, 0.3) is 0 Å². The fourth-order valence-electron chi connectivity index (χ4n) is 2.70. The highest BCUT2D eigenvalue weighted by atomic mass is 16.5. The predicted octanol–water partition coefficient (Wildman–Crippen LogP) is 0.479. The van der Waals surface area contributed by atoms with Crippen LogP contribution in [0.2, 0.25) is 0 Å². The standard InChI is InChI=1S/C15H20N4O3/c20-14(11-19-5-1-2-15(19)21)17-13-4-3-12(10-16-13)18-6-8-22-9-7-18/h3-4,10H,1-2,5-9,11H2,(H,16,17,20). The van der Waals surface area contributed by atoms with E-state index in [1.165, 1.54) is 0 Å². The first-order valence-corrected chi connectivity index (χ1v) is 7.59. The van der Waals surface area contributed by atoms with E-state index in [-0.39, 0.29) is 18.4 Å². The Morgan fingerprint density at radius 1 is 1.27 bits per heavy atom. The number of morpholine rings is 1. The highest BCUT2D eigenvalue weighted by Crippen LogP contribution is 2.16. The Bertz CT molecular complexity index is 540. The zero-order valence-corrected chi connectivity index (χ0v) is 12.5. The maximum atomic E-state index is 11.9. The summed E-state index contributed by atoms with van der Waals surface area (Å²) in [6.07, 6.45) is 3.13. The Labute approximate surface area is 129 Å². The van der Waals surface area contributed by atoms with E-state index in [0.29, 0.717) is 18.8 Å². The second-order valence-corrected chi connectivity index (χ2v) is 5.47. The molecule has 118 valence electrons. The second kappa shape index (κ2) is 6.74. The van der Waals surface area contributed by atoms with Crippen LogP contribution in [0, 0.1) is 0 Å². The summed E-state index contributed by atoms with van der Waals surface area (Å²) in [5.74, 6) is 0.348. The molecule has 0 radical (unpaired) electrons. The molecule has 3 heterocycles. The number of anilines is 2. The van der Waals surface area contributed by atoms with Crippen LogP contribution in [-0.2, 0) is 14.3 Å². The van der Waals surface area contributed by atoms with Crippen LogP contribution in [0.5, 0.6) is 0 Å². The van der Waals surface area contributed by atoms with E-state index in [9.17, 15) is 9.59 Å². The molecule has 1 N–H and O–H groups in total. The fraction of sp³-hybridized carbons (Fsp3) is 0.533. The van der Waals surface area contributed by atoms with Crippen molar-refractivity contribution in [3.8, 4) is 0 Å². The number of ether oxygens (including phenoxy) is 1. The smallest absolute Gasteiger partial charge is 0.245 e. The molecule has 7 heteroatoms. The summed E-state index contributed by atoms with van der Waals surface area (Å²) in [6, 6.07) is 3.73. The van der Waals surface area contributed by atoms with Gasteiger partial charge in [0.1, 0.15) is 5.82 Å². The van der Waals surface area contributed by atoms with Gasteiger partial charge in [-0.15, -0.1) is 0 Å². The molecule has 0 atom stereocenters. The first kappa shape index (κ1) is 14.8. The molecule has 0 bridgehead atoms. The number of carbonyl (C=O) groups is 2. The predicted molar refractivity (Wildman–Crippen MR) is 81.7 cm³/mol. The van der Waals surface area contributed by atoms with Gasteiger partial charge in [-0.05, 0) is 18.6 Å². The lowest BCUT2D eigenvalue weighted by atomic mass is 10.3. The lowest BCUT2D eigenvalue weighted by Gasteiger charge is -2.28. The first-order valence-electron chi connectivity index (χ1n) is 7.59. The van der Waals surface area contributed by atoms with Crippen molar-refractivity contribution in [1.29, 1.82) is 0 Å². The van der Waals surface area contributed by atoms with Crippen LogP contribution in [0.1, 0.15) is 12.8 Å². The van der Waals surface area contributed by atoms with Crippen LogP contribution in [0.15, 0.2) is 18.3 Å². The Kier molecular flexibility index (Phi) is 4.53. The monoisotopic (exact) mass is 304 g/mol. The van der Waals surface area contributed by atoms with Gasteiger partial charge in [0, 0.05) is 26.1 Å². The van der Waals surface area contributed by atoms with Gasteiger partial charge in [0.2, 0.25) is 11.8 Å². The minimum Gasteiger partial charge on any atom is -0.378 e. The van der Waals surface area contributed by atoms with Crippen molar-refractivity contribution in [2.75, 3.05) is 49.6 Å². The number of carbonyl (C=O) groups excluding carboxylic acids is 2. The van der Waals surface area contributed by atoms with Crippen molar-refractivity contribution in [3.63, 3.8) is 0 Å². The average molecular weight is 304 g/mol. The molecule has 1 aromatic heterocycles. The van der Waals surface area contributed by atoms with Gasteiger partial charge in [-0.2, -0.15) is 0 Å². The normalized spacial score (nSPS) is 18.6. The van der Waals surface area contributed by atoms with Crippen LogP contribution < -0.4 is 10.2 Å². The highest BCUT2D eigenvalue weighted by Gasteiger charge is 2.22. The van der Waals surface area contributed by atoms with Gasteiger partial charge in [-0.1, -0.05) is 0 Å². The van der Waals surface area contributed by atoms with Gasteiger partial charge >= 0.3 is 0 Å². The molecule has 0 saturated carbocycles. The molecule has 2 saturated heterocycles. The van der Waals surface area contributed by atoms with Gasteiger partial charge in [0.05, 0.1) is 31.6 Å². The molecular formula is C15H20N4O3. The summed E-state index contributed by atoms with van der Waals surface area (Å²) in [4.78, 5) is 31.5. The van der Waals surface area contributed by atoms with Crippen molar-refractivity contribution in [3.05, 3.63) is 18.3 Å². The molecule has 7 nitrogen and oxygen atoms in total. The first-order chi connectivity index (χ1) is 10.7. The zero-order chi connectivity index (χ0) is 15.4. The number of aromatic nitrogens is 1. The van der Waals surface area contributed by atoms with Crippen molar-refractivity contribution in [1.82, 2.24) is 9.88 Å².